The highest BCUT2D eigenvalue weighted by Crippen LogP contribution is 2.19. The van der Waals surface area contributed by atoms with Gasteiger partial charge in [0.2, 0.25) is 0 Å². The lowest BCUT2D eigenvalue weighted by Crippen LogP contribution is -2.37. The minimum atomic E-state index is -0.535. The van der Waals surface area contributed by atoms with Crippen molar-refractivity contribution < 1.29 is 14.3 Å². The number of carbonyl (C=O) groups excluding carboxylic acids is 2. The van der Waals surface area contributed by atoms with Crippen molar-refractivity contribution >= 4 is 23.4 Å². The maximum atomic E-state index is 12.1. The highest BCUT2D eigenvalue weighted by Gasteiger charge is 2.16. The van der Waals surface area contributed by atoms with Gasteiger partial charge in [-0.05, 0) is 52.0 Å². The molecular formula is C18H26N4O3. The Balaban J connectivity index is 1.75. The Bertz CT molecular complexity index is 647. The van der Waals surface area contributed by atoms with Crippen LogP contribution in [0.5, 0.6) is 0 Å². The van der Waals surface area contributed by atoms with Gasteiger partial charge in [-0.15, -0.1) is 0 Å². The SMILES string of the molecule is CC1=NN(c2ccc(C(=O)NCCNC(=O)OC(C)(C)C)cc2)CC1. The second-order valence-electron chi connectivity index (χ2n) is 6.94. The molecule has 7 nitrogen and oxygen atoms in total. The molecule has 25 heavy (non-hydrogen) atoms. The third-order valence-electron chi connectivity index (χ3n) is 3.48. The zero-order chi connectivity index (χ0) is 18.4. The van der Waals surface area contributed by atoms with Crippen molar-refractivity contribution in [3.63, 3.8) is 0 Å². The van der Waals surface area contributed by atoms with Crippen molar-refractivity contribution in [2.45, 2.75) is 39.7 Å². The van der Waals surface area contributed by atoms with Crippen LogP contribution in [0.2, 0.25) is 0 Å². The molecular weight excluding hydrogens is 320 g/mol. The number of alkyl carbamates (subject to hydrolysis) is 1. The molecule has 2 amide bonds. The Hall–Kier alpha value is -2.57. The van der Waals surface area contributed by atoms with E-state index in [2.05, 4.69) is 15.7 Å². The molecule has 0 radical (unpaired) electrons. The third kappa shape index (κ3) is 6.10. The van der Waals surface area contributed by atoms with Crippen LogP contribution < -0.4 is 15.6 Å². The van der Waals surface area contributed by atoms with Gasteiger partial charge in [-0.1, -0.05) is 0 Å². The zero-order valence-electron chi connectivity index (χ0n) is 15.3. The summed E-state index contributed by atoms with van der Waals surface area (Å²) in [4.78, 5) is 23.6. The van der Waals surface area contributed by atoms with E-state index >= 15 is 0 Å². The molecule has 136 valence electrons. The molecule has 0 aromatic heterocycles. The molecule has 1 aliphatic heterocycles. The third-order valence-corrected chi connectivity index (χ3v) is 3.48. The van der Waals surface area contributed by atoms with Crippen molar-refractivity contribution in [3.05, 3.63) is 29.8 Å². The molecule has 1 aliphatic rings. The maximum absolute atomic E-state index is 12.1. The average Bonchev–Trinajstić information content (AvgIpc) is 2.96. The van der Waals surface area contributed by atoms with E-state index < -0.39 is 11.7 Å². The van der Waals surface area contributed by atoms with Gasteiger partial charge in [0.25, 0.3) is 5.91 Å². The average molecular weight is 346 g/mol. The molecule has 0 saturated carbocycles. The van der Waals surface area contributed by atoms with E-state index in [1.165, 1.54) is 0 Å². The lowest BCUT2D eigenvalue weighted by molar-refractivity contribution is 0.0526. The molecule has 0 bridgehead atoms. The van der Waals surface area contributed by atoms with Crippen LogP contribution in [-0.2, 0) is 4.74 Å². The first-order valence-corrected chi connectivity index (χ1v) is 8.41. The normalized spacial score (nSPS) is 14.1. The molecule has 0 unspecified atom stereocenters. The smallest absolute Gasteiger partial charge is 0.407 e. The summed E-state index contributed by atoms with van der Waals surface area (Å²) < 4.78 is 5.12. The summed E-state index contributed by atoms with van der Waals surface area (Å²) in [6, 6.07) is 7.32. The van der Waals surface area contributed by atoms with Crippen LogP contribution >= 0.6 is 0 Å². The number of anilines is 1. The van der Waals surface area contributed by atoms with Crippen molar-refractivity contribution in [1.82, 2.24) is 10.6 Å². The van der Waals surface area contributed by atoms with Gasteiger partial charge in [-0.25, -0.2) is 4.79 Å². The molecule has 0 spiro atoms. The number of nitrogens with one attached hydrogen (secondary N) is 2. The first-order chi connectivity index (χ1) is 11.7. The van der Waals surface area contributed by atoms with E-state index in [1.807, 2.05) is 24.1 Å². The number of nitrogens with zero attached hydrogens (tertiary/aromatic N) is 2. The topological polar surface area (TPSA) is 83.0 Å². The van der Waals surface area contributed by atoms with Crippen LogP contribution in [-0.4, -0.2) is 42.9 Å². The van der Waals surface area contributed by atoms with Gasteiger partial charge in [-0.2, -0.15) is 5.10 Å². The van der Waals surface area contributed by atoms with Crippen LogP contribution in [0.15, 0.2) is 29.4 Å². The standard InChI is InChI=1S/C18H26N4O3/c1-13-9-12-22(21-13)15-7-5-14(6-8-15)16(23)19-10-11-20-17(24)25-18(2,3)4/h5-8H,9-12H2,1-4H3,(H,19,23)(H,20,24). The van der Waals surface area contributed by atoms with Gasteiger partial charge >= 0.3 is 6.09 Å². The second kappa shape index (κ2) is 8.00. The van der Waals surface area contributed by atoms with E-state index in [4.69, 9.17) is 4.74 Å². The molecule has 2 rings (SSSR count). The Morgan fingerprint density at radius 3 is 2.36 bits per heavy atom. The fraction of sp³-hybridized carbons (Fsp3) is 0.500. The van der Waals surface area contributed by atoms with Gasteiger partial charge in [0, 0.05) is 37.3 Å². The largest absolute Gasteiger partial charge is 0.444 e. The van der Waals surface area contributed by atoms with Gasteiger partial charge in [0.05, 0.1) is 5.69 Å². The van der Waals surface area contributed by atoms with Gasteiger partial charge < -0.3 is 15.4 Å². The molecule has 0 aliphatic carbocycles. The molecule has 7 heteroatoms. The number of hydrogen-bond acceptors (Lipinski definition) is 5. The fourth-order valence-electron chi connectivity index (χ4n) is 2.30. The Morgan fingerprint density at radius 1 is 1.16 bits per heavy atom. The van der Waals surface area contributed by atoms with Gasteiger partial charge in [-0.3, -0.25) is 9.80 Å². The Morgan fingerprint density at radius 2 is 1.80 bits per heavy atom. The maximum Gasteiger partial charge on any atom is 0.407 e. The molecule has 0 fully saturated rings. The van der Waals surface area contributed by atoms with Gasteiger partial charge in [0.1, 0.15) is 5.60 Å². The highest BCUT2D eigenvalue weighted by atomic mass is 16.6. The predicted octanol–water partition coefficient (Wildman–Crippen LogP) is 2.53. The summed E-state index contributed by atoms with van der Waals surface area (Å²) >= 11 is 0. The predicted molar refractivity (Wildman–Crippen MR) is 98.1 cm³/mol. The minimum Gasteiger partial charge on any atom is -0.444 e. The second-order valence-corrected chi connectivity index (χ2v) is 6.94. The van der Waals surface area contributed by atoms with Crippen molar-refractivity contribution in [2.75, 3.05) is 24.6 Å². The zero-order valence-corrected chi connectivity index (χ0v) is 15.3. The van der Waals surface area contributed by atoms with Crippen LogP contribution in [0, 0.1) is 0 Å². The number of amides is 2. The summed E-state index contributed by atoms with van der Waals surface area (Å²) in [6.07, 6.45) is 0.472. The van der Waals surface area contributed by atoms with E-state index in [-0.39, 0.29) is 5.91 Å². The van der Waals surface area contributed by atoms with E-state index in [0.717, 1.165) is 24.4 Å². The molecule has 1 heterocycles. The summed E-state index contributed by atoms with van der Waals surface area (Å²) in [5.74, 6) is -0.182. The minimum absolute atomic E-state index is 0.182. The van der Waals surface area contributed by atoms with Crippen LogP contribution in [0.25, 0.3) is 0 Å². The van der Waals surface area contributed by atoms with Crippen molar-refractivity contribution in [1.29, 1.82) is 0 Å². The summed E-state index contributed by atoms with van der Waals surface area (Å²) in [5.41, 5.74) is 2.12. The Kier molecular flexibility index (Phi) is 6.01. The molecule has 0 atom stereocenters. The fourth-order valence-corrected chi connectivity index (χ4v) is 2.30. The van der Waals surface area contributed by atoms with E-state index in [0.29, 0.717) is 18.7 Å². The summed E-state index contributed by atoms with van der Waals surface area (Å²) in [5, 5.41) is 11.7. The van der Waals surface area contributed by atoms with Crippen LogP contribution in [0.1, 0.15) is 44.5 Å². The van der Waals surface area contributed by atoms with Gasteiger partial charge in [0.15, 0.2) is 0 Å². The van der Waals surface area contributed by atoms with Crippen LogP contribution in [0.3, 0.4) is 0 Å². The number of ether oxygens (including phenoxy) is 1. The number of carbonyl (C=O) groups is 2. The number of hydrazone groups is 1. The first-order valence-electron chi connectivity index (χ1n) is 8.41. The molecule has 1 aromatic carbocycles. The first kappa shape index (κ1) is 18.8. The quantitative estimate of drug-likeness (QED) is 0.803. The summed E-state index contributed by atoms with van der Waals surface area (Å²) in [6.45, 7) is 8.91. The van der Waals surface area contributed by atoms with E-state index in [9.17, 15) is 9.59 Å². The number of benzene rings is 1. The molecule has 2 N–H and O–H groups in total. The number of hydrogen-bond donors (Lipinski definition) is 2. The molecule has 0 saturated heterocycles. The van der Waals surface area contributed by atoms with E-state index in [1.54, 1.807) is 32.9 Å². The lowest BCUT2D eigenvalue weighted by atomic mass is 10.2. The number of rotatable bonds is 5. The summed E-state index contributed by atoms with van der Waals surface area (Å²) in [7, 11) is 0. The lowest BCUT2D eigenvalue weighted by Gasteiger charge is -2.19. The highest BCUT2D eigenvalue weighted by molar-refractivity contribution is 5.94. The molecule has 1 aromatic rings. The van der Waals surface area contributed by atoms with Crippen molar-refractivity contribution in [2.24, 2.45) is 5.10 Å². The Labute approximate surface area is 148 Å². The van der Waals surface area contributed by atoms with Crippen molar-refractivity contribution in [3.8, 4) is 0 Å². The monoisotopic (exact) mass is 346 g/mol. The van der Waals surface area contributed by atoms with Crippen LogP contribution in [0.4, 0.5) is 10.5 Å².